The van der Waals surface area contributed by atoms with Crippen molar-refractivity contribution in [2.45, 2.75) is 13.0 Å². The van der Waals surface area contributed by atoms with Crippen LogP contribution in [0.5, 0.6) is 5.75 Å². The molecule has 1 aromatic heterocycles. The molecule has 4 nitrogen and oxygen atoms in total. The van der Waals surface area contributed by atoms with E-state index in [4.69, 9.17) is 4.74 Å². The number of hydrogen-bond acceptors (Lipinski definition) is 4. The zero-order valence-electron chi connectivity index (χ0n) is 13.6. The van der Waals surface area contributed by atoms with Crippen molar-refractivity contribution in [2.75, 3.05) is 19.0 Å². The average molecular weight is 326 g/mol. The molecule has 0 aliphatic heterocycles. The number of pyridine rings is 1. The molecular weight excluding hydrogens is 307 g/mol. The normalized spacial score (nSPS) is 12.2. The Morgan fingerprint density at radius 1 is 1.21 bits per heavy atom. The van der Waals surface area contributed by atoms with Gasteiger partial charge in [-0.2, -0.15) is 0 Å². The summed E-state index contributed by atoms with van der Waals surface area (Å²) in [5.41, 5.74) is 2.55. The third-order valence-electron chi connectivity index (χ3n) is 3.88. The van der Waals surface area contributed by atoms with Crippen molar-refractivity contribution >= 4 is 16.6 Å². The first-order valence-electron chi connectivity index (χ1n) is 7.70. The van der Waals surface area contributed by atoms with Gasteiger partial charge >= 0.3 is 0 Å². The summed E-state index contributed by atoms with van der Waals surface area (Å²) in [6.45, 7) is 2.11. The number of para-hydroxylation sites is 1. The van der Waals surface area contributed by atoms with Crippen LogP contribution in [0.3, 0.4) is 0 Å². The van der Waals surface area contributed by atoms with Gasteiger partial charge in [0.05, 0.1) is 13.2 Å². The highest BCUT2D eigenvalue weighted by molar-refractivity contribution is 5.91. The fourth-order valence-corrected chi connectivity index (χ4v) is 2.66. The van der Waals surface area contributed by atoms with Crippen molar-refractivity contribution in [3.63, 3.8) is 0 Å². The maximum absolute atomic E-state index is 13.9. The summed E-state index contributed by atoms with van der Waals surface area (Å²) >= 11 is 0. The zero-order valence-corrected chi connectivity index (χ0v) is 13.6. The molecule has 0 fully saturated rings. The molecule has 0 bridgehead atoms. The van der Waals surface area contributed by atoms with Gasteiger partial charge in [-0.3, -0.25) is 0 Å². The van der Waals surface area contributed by atoms with E-state index in [1.807, 2.05) is 37.3 Å². The predicted octanol–water partition coefficient (Wildman–Crippen LogP) is 3.84. The van der Waals surface area contributed by atoms with Crippen LogP contribution in [0.15, 0.2) is 48.5 Å². The van der Waals surface area contributed by atoms with Gasteiger partial charge in [0, 0.05) is 23.3 Å². The van der Waals surface area contributed by atoms with Gasteiger partial charge in [0.2, 0.25) is 0 Å². The number of halogens is 1. The second-order valence-corrected chi connectivity index (χ2v) is 5.62. The Kier molecular flexibility index (Phi) is 4.62. The monoisotopic (exact) mass is 326 g/mol. The van der Waals surface area contributed by atoms with E-state index in [0.29, 0.717) is 28.9 Å². The van der Waals surface area contributed by atoms with Crippen LogP contribution in [-0.4, -0.2) is 23.7 Å². The number of methoxy groups -OCH3 is 1. The number of nitrogens with zero attached hydrogens (tertiary/aromatic N) is 1. The number of fused-ring (bicyclic) bond motifs is 1. The molecule has 0 saturated carbocycles. The lowest BCUT2D eigenvalue weighted by molar-refractivity contribution is 0.191. The van der Waals surface area contributed by atoms with Crippen molar-refractivity contribution in [2.24, 2.45) is 0 Å². The summed E-state index contributed by atoms with van der Waals surface area (Å²) in [7, 11) is 1.59. The number of aryl methyl sites for hydroxylation is 1. The second-order valence-electron chi connectivity index (χ2n) is 5.62. The second kappa shape index (κ2) is 6.84. The number of hydrogen-bond donors (Lipinski definition) is 2. The van der Waals surface area contributed by atoms with E-state index < -0.39 is 6.10 Å². The van der Waals surface area contributed by atoms with E-state index in [2.05, 4.69) is 10.3 Å². The Morgan fingerprint density at radius 2 is 2.00 bits per heavy atom. The molecule has 0 amide bonds. The molecule has 3 aromatic rings. The van der Waals surface area contributed by atoms with Gasteiger partial charge in [0.15, 0.2) is 0 Å². The van der Waals surface area contributed by atoms with Crippen LogP contribution >= 0.6 is 0 Å². The predicted molar refractivity (Wildman–Crippen MR) is 92.9 cm³/mol. The number of anilines is 1. The van der Waals surface area contributed by atoms with E-state index in [9.17, 15) is 9.50 Å². The summed E-state index contributed by atoms with van der Waals surface area (Å²) in [6, 6.07) is 14.0. The van der Waals surface area contributed by atoms with Gasteiger partial charge in [-0.05, 0) is 36.8 Å². The van der Waals surface area contributed by atoms with Gasteiger partial charge < -0.3 is 15.2 Å². The van der Waals surface area contributed by atoms with Gasteiger partial charge in [-0.25, -0.2) is 9.37 Å². The van der Waals surface area contributed by atoms with Gasteiger partial charge in [0.25, 0.3) is 0 Å². The highest BCUT2D eigenvalue weighted by Crippen LogP contribution is 2.26. The minimum absolute atomic E-state index is 0.294. The zero-order chi connectivity index (χ0) is 17.1. The summed E-state index contributed by atoms with van der Waals surface area (Å²) in [5, 5.41) is 14.3. The molecule has 0 aliphatic carbocycles. The number of aromatic nitrogens is 1. The van der Waals surface area contributed by atoms with Crippen LogP contribution < -0.4 is 10.1 Å². The van der Waals surface area contributed by atoms with Crippen LogP contribution in [-0.2, 0) is 0 Å². The Labute approximate surface area is 139 Å². The molecule has 24 heavy (non-hydrogen) atoms. The lowest BCUT2D eigenvalue weighted by atomic mass is 10.1. The Bertz CT molecular complexity index is 867. The topological polar surface area (TPSA) is 54.4 Å². The number of aliphatic hydroxyl groups is 1. The van der Waals surface area contributed by atoms with E-state index in [0.717, 1.165) is 11.3 Å². The first-order valence-corrected chi connectivity index (χ1v) is 7.70. The SMILES string of the molecule is COc1cccc(C(O)CNc2cc(C)nc3c(F)cccc23)c1. The van der Waals surface area contributed by atoms with Gasteiger partial charge in [-0.15, -0.1) is 0 Å². The van der Waals surface area contributed by atoms with Gasteiger partial charge in [0.1, 0.15) is 17.1 Å². The van der Waals surface area contributed by atoms with E-state index in [1.165, 1.54) is 6.07 Å². The van der Waals surface area contributed by atoms with Crippen molar-refractivity contribution < 1.29 is 14.2 Å². The van der Waals surface area contributed by atoms with E-state index in [-0.39, 0.29) is 5.82 Å². The Hall–Kier alpha value is -2.66. The largest absolute Gasteiger partial charge is 0.497 e. The Balaban J connectivity index is 1.84. The number of benzene rings is 2. The van der Waals surface area contributed by atoms with Crippen molar-refractivity contribution in [3.05, 3.63) is 65.6 Å². The third-order valence-corrected chi connectivity index (χ3v) is 3.88. The smallest absolute Gasteiger partial charge is 0.149 e. The third kappa shape index (κ3) is 3.31. The Morgan fingerprint density at radius 3 is 2.79 bits per heavy atom. The minimum atomic E-state index is -0.711. The molecule has 0 spiro atoms. The molecule has 124 valence electrons. The molecule has 0 radical (unpaired) electrons. The number of aliphatic hydroxyl groups excluding tert-OH is 1. The van der Waals surface area contributed by atoms with Crippen molar-refractivity contribution in [1.82, 2.24) is 4.98 Å². The van der Waals surface area contributed by atoms with Crippen LogP contribution in [0.1, 0.15) is 17.4 Å². The standard InChI is InChI=1S/C19H19FN2O2/c1-12-9-17(15-7-4-8-16(20)19(15)22-12)21-11-18(23)13-5-3-6-14(10-13)24-2/h3-10,18,23H,11H2,1-2H3,(H,21,22). The van der Waals surface area contributed by atoms with E-state index >= 15 is 0 Å². The van der Waals surface area contributed by atoms with Crippen LogP contribution in [0.25, 0.3) is 10.9 Å². The highest BCUT2D eigenvalue weighted by atomic mass is 19.1. The maximum Gasteiger partial charge on any atom is 0.149 e. The molecule has 0 aliphatic rings. The molecule has 0 saturated heterocycles. The molecular formula is C19H19FN2O2. The summed E-state index contributed by atoms with van der Waals surface area (Å²) in [5.74, 6) is 0.339. The molecule has 5 heteroatoms. The lowest BCUT2D eigenvalue weighted by Crippen LogP contribution is -2.13. The molecule has 3 rings (SSSR count). The van der Waals surface area contributed by atoms with Gasteiger partial charge in [-0.1, -0.05) is 24.3 Å². The number of ether oxygens (including phenoxy) is 1. The summed E-state index contributed by atoms with van der Waals surface area (Å²) in [6.07, 6.45) is -0.711. The molecule has 2 aromatic carbocycles. The lowest BCUT2D eigenvalue weighted by Gasteiger charge is -2.16. The fraction of sp³-hybridized carbons (Fsp3) is 0.211. The van der Waals surface area contributed by atoms with E-state index in [1.54, 1.807) is 19.2 Å². The van der Waals surface area contributed by atoms with Crippen molar-refractivity contribution in [1.29, 1.82) is 0 Å². The highest BCUT2D eigenvalue weighted by Gasteiger charge is 2.11. The first kappa shape index (κ1) is 16.2. The number of rotatable bonds is 5. The van der Waals surface area contributed by atoms with Crippen LogP contribution in [0.2, 0.25) is 0 Å². The van der Waals surface area contributed by atoms with Crippen LogP contribution in [0, 0.1) is 12.7 Å². The molecule has 1 unspecified atom stereocenters. The van der Waals surface area contributed by atoms with Crippen molar-refractivity contribution in [3.8, 4) is 5.75 Å². The fourth-order valence-electron chi connectivity index (χ4n) is 2.66. The summed E-state index contributed by atoms with van der Waals surface area (Å²) in [4.78, 5) is 4.25. The molecule has 1 atom stereocenters. The number of nitrogens with one attached hydrogen (secondary N) is 1. The maximum atomic E-state index is 13.9. The first-order chi connectivity index (χ1) is 11.6. The quantitative estimate of drug-likeness (QED) is 0.748. The molecule has 2 N–H and O–H groups in total. The molecule has 1 heterocycles. The minimum Gasteiger partial charge on any atom is -0.497 e. The average Bonchev–Trinajstić information content (AvgIpc) is 2.60. The van der Waals surface area contributed by atoms with Crippen LogP contribution in [0.4, 0.5) is 10.1 Å². The summed E-state index contributed by atoms with van der Waals surface area (Å²) < 4.78 is 19.1.